The van der Waals surface area contributed by atoms with Crippen molar-refractivity contribution in [2.75, 3.05) is 23.9 Å². The number of carbonyl (C=O) groups excluding carboxylic acids is 2. The predicted octanol–water partition coefficient (Wildman–Crippen LogP) is 2.28. The molecule has 21 heavy (non-hydrogen) atoms. The van der Waals surface area contributed by atoms with Gasteiger partial charge in [-0.1, -0.05) is 6.07 Å². The summed E-state index contributed by atoms with van der Waals surface area (Å²) in [4.78, 5) is 26.1. The minimum Gasteiger partial charge on any atom is -0.481 e. The van der Waals surface area contributed by atoms with Crippen molar-refractivity contribution >= 4 is 34.5 Å². The molecule has 6 heteroatoms. The molecule has 2 amide bonds. The monoisotopic (exact) mass is 302 g/mol. The molecule has 0 aliphatic carbocycles. The van der Waals surface area contributed by atoms with Crippen molar-refractivity contribution in [1.82, 2.24) is 0 Å². The van der Waals surface area contributed by atoms with E-state index in [9.17, 15) is 9.59 Å². The molecule has 0 atom stereocenters. The van der Waals surface area contributed by atoms with Gasteiger partial charge in [0.1, 0.15) is 5.75 Å². The van der Waals surface area contributed by atoms with Gasteiger partial charge < -0.3 is 15.0 Å². The molecule has 0 saturated heterocycles. The fourth-order valence-electron chi connectivity index (χ4n) is 2.13. The molecular weight excluding hydrogens is 288 g/mol. The number of likely N-dealkylation sites (N-methyl/N-ethyl adjacent to an activating group) is 1. The van der Waals surface area contributed by atoms with Crippen LogP contribution in [0.1, 0.15) is 4.88 Å². The summed E-state index contributed by atoms with van der Waals surface area (Å²) in [5.41, 5.74) is 1.38. The first kappa shape index (κ1) is 13.6. The standard InChI is InChI=1S/C15H14N2O3S/c1-17-12-5-4-10(7-13(12)20-9-15(17)19)16-14(18)8-11-3-2-6-21-11/h2-7H,8-9H2,1H3,(H,16,18). The third-order valence-electron chi connectivity index (χ3n) is 3.25. The molecule has 1 aliphatic heterocycles. The van der Waals surface area contributed by atoms with E-state index in [1.807, 2.05) is 17.5 Å². The van der Waals surface area contributed by atoms with Crippen molar-refractivity contribution < 1.29 is 14.3 Å². The Bertz CT molecular complexity index is 682. The number of fused-ring (bicyclic) bond motifs is 1. The van der Waals surface area contributed by atoms with Gasteiger partial charge in [-0.05, 0) is 23.6 Å². The van der Waals surface area contributed by atoms with Crippen LogP contribution in [0.2, 0.25) is 0 Å². The van der Waals surface area contributed by atoms with Gasteiger partial charge in [-0.3, -0.25) is 9.59 Å². The van der Waals surface area contributed by atoms with E-state index in [0.717, 1.165) is 4.88 Å². The fourth-order valence-corrected chi connectivity index (χ4v) is 2.84. The van der Waals surface area contributed by atoms with Crippen LogP contribution in [0.3, 0.4) is 0 Å². The number of hydrogen-bond donors (Lipinski definition) is 1. The lowest BCUT2D eigenvalue weighted by Crippen LogP contribution is -2.35. The largest absolute Gasteiger partial charge is 0.481 e. The van der Waals surface area contributed by atoms with E-state index < -0.39 is 0 Å². The summed E-state index contributed by atoms with van der Waals surface area (Å²) < 4.78 is 5.39. The average molecular weight is 302 g/mol. The minimum atomic E-state index is -0.0861. The van der Waals surface area contributed by atoms with Gasteiger partial charge in [-0.15, -0.1) is 11.3 Å². The third kappa shape index (κ3) is 2.90. The lowest BCUT2D eigenvalue weighted by molar-refractivity contribution is -0.121. The lowest BCUT2D eigenvalue weighted by Gasteiger charge is -2.26. The summed E-state index contributed by atoms with van der Waals surface area (Å²) >= 11 is 1.56. The number of rotatable bonds is 3. The molecule has 0 unspecified atom stereocenters. The van der Waals surface area contributed by atoms with Crippen LogP contribution in [0.15, 0.2) is 35.7 Å². The fraction of sp³-hybridized carbons (Fsp3) is 0.200. The van der Waals surface area contributed by atoms with Crippen LogP contribution < -0.4 is 15.0 Å². The molecule has 5 nitrogen and oxygen atoms in total. The number of amides is 2. The zero-order valence-electron chi connectivity index (χ0n) is 11.5. The highest BCUT2D eigenvalue weighted by Gasteiger charge is 2.22. The summed E-state index contributed by atoms with van der Waals surface area (Å²) in [6, 6.07) is 9.13. The van der Waals surface area contributed by atoms with E-state index >= 15 is 0 Å². The molecule has 1 aliphatic rings. The Balaban J connectivity index is 1.72. The summed E-state index contributed by atoms with van der Waals surface area (Å²) in [7, 11) is 1.71. The molecule has 2 heterocycles. The van der Waals surface area contributed by atoms with Crippen molar-refractivity contribution in [2.45, 2.75) is 6.42 Å². The number of anilines is 2. The Hall–Kier alpha value is -2.34. The molecule has 108 valence electrons. The zero-order valence-corrected chi connectivity index (χ0v) is 12.3. The quantitative estimate of drug-likeness (QED) is 0.946. The summed E-state index contributed by atoms with van der Waals surface area (Å²) in [6.45, 7) is 0.0239. The van der Waals surface area contributed by atoms with E-state index in [0.29, 0.717) is 23.5 Å². The molecule has 0 radical (unpaired) electrons. The van der Waals surface area contributed by atoms with Gasteiger partial charge in [0.15, 0.2) is 6.61 Å². The zero-order chi connectivity index (χ0) is 14.8. The molecule has 1 N–H and O–H groups in total. The maximum absolute atomic E-state index is 12.0. The molecule has 0 fully saturated rings. The van der Waals surface area contributed by atoms with Crippen molar-refractivity contribution in [3.8, 4) is 5.75 Å². The van der Waals surface area contributed by atoms with Crippen molar-refractivity contribution in [1.29, 1.82) is 0 Å². The molecule has 3 rings (SSSR count). The number of carbonyl (C=O) groups is 2. The van der Waals surface area contributed by atoms with Crippen molar-refractivity contribution in [3.63, 3.8) is 0 Å². The molecule has 1 aromatic heterocycles. The topological polar surface area (TPSA) is 58.6 Å². The smallest absolute Gasteiger partial charge is 0.264 e. The summed E-state index contributed by atoms with van der Waals surface area (Å²) in [5, 5.41) is 4.79. The number of ether oxygens (including phenoxy) is 1. The van der Waals surface area contributed by atoms with Crippen LogP contribution in [-0.4, -0.2) is 25.5 Å². The van der Waals surface area contributed by atoms with E-state index in [2.05, 4.69) is 5.32 Å². The number of hydrogen-bond acceptors (Lipinski definition) is 4. The lowest BCUT2D eigenvalue weighted by atomic mass is 10.2. The van der Waals surface area contributed by atoms with Gasteiger partial charge >= 0.3 is 0 Å². The van der Waals surface area contributed by atoms with E-state index in [-0.39, 0.29) is 18.4 Å². The minimum absolute atomic E-state index is 0.0239. The molecular formula is C15H14N2O3S. The number of nitrogens with zero attached hydrogens (tertiary/aromatic N) is 1. The maximum Gasteiger partial charge on any atom is 0.264 e. The summed E-state index contributed by atoms with van der Waals surface area (Å²) in [5.74, 6) is 0.445. The van der Waals surface area contributed by atoms with Gasteiger partial charge in [0.05, 0.1) is 12.1 Å². The first-order chi connectivity index (χ1) is 10.1. The van der Waals surface area contributed by atoms with Gasteiger partial charge in [-0.2, -0.15) is 0 Å². The molecule has 1 aromatic carbocycles. The highest BCUT2D eigenvalue weighted by atomic mass is 32.1. The van der Waals surface area contributed by atoms with Gasteiger partial charge in [0, 0.05) is 23.7 Å². The highest BCUT2D eigenvalue weighted by Crippen LogP contribution is 2.33. The van der Waals surface area contributed by atoms with Gasteiger partial charge in [0.2, 0.25) is 5.91 Å². The van der Waals surface area contributed by atoms with Gasteiger partial charge in [-0.25, -0.2) is 0 Å². The van der Waals surface area contributed by atoms with E-state index in [4.69, 9.17) is 4.74 Å². The number of thiophene rings is 1. The molecule has 0 saturated carbocycles. The number of nitrogens with one attached hydrogen (secondary N) is 1. The van der Waals surface area contributed by atoms with Crippen molar-refractivity contribution in [3.05, 3.63) is 40.6 Å². The van der Waals surface area contributed by atoms with E-state index in [1.54, 1.807) is 41.5 Å². The first-order valence-corrected chi connectivity index (χ1v) is 7.37. The maximum atomic E-state index is 12.0. The van der Waals surface area contributed by atoms with Gasteiger partial charge in [0.25, 0.3) is 5.91 Å². The Morgan fingerprint density at radius 1 is 1.43 bits per heavy atom. The second-order valence-electron chi connectivity index (χ2n) is 4.73. The summed E-state index contributed by atoms with van der Waals surface area (Å²) in [6.07, 6.45) is 0.355. The Morgan fingerprint density at radius 2 is 2.29 bits per heavy atom. The SMILES string of the molecule is CN1C(=O)COc2cc(NC(=O)Cc3cccs3)ccc21. The Labute approximate surface area is 126 Å². The molecule has 0 spiro atoms. The highest BCUT2D eigenvalue weighted by molar-refractivity contribution is 7.10. The van der Waals surface area contributed by atoms with Crippen LogP contribution in [0.5, 0.6) is 5.75 Å². The van der Waals surface area contributed by atoms with E-state index in [1.165, 1.54) is 0 Å². The second-order valence-corrected chi connectivity index (χ2v) is 5.76. The second kappa shape index (κ2) is 5.57. The first-order valence-electron chi connectivity index (χ1n) is 6.49. The van der Waals surface area contributed by atoms with Crippen LogP contribution in [-0.2, 0) is 16.0 Å². The van der Waals surface area contributed by atoms with Crippen LogP contribution in [0.25, 0.3) is 0 Å². The average Bonchev–Trinajstić information content (AvgIpc) is 2.96. The van der Waals surface area contributed by atoms with Crippen LogP contribution in [0, 0.1) is 0 Å². The van der Waals surface area contributed by atoms with Crippen LogP contribution in [0.4, 0.5) is 11.4 Å². The van der Waals surface area contributed by atoms with Crippen molar-refractivity contribution in [2.24, 2.45) is 0 Å². The normalized spacial score (nSPS) is 13.6. The predicted molar refractivity (Wildman–Crippen MR) is 82.0 cm³/mol. The Morgan fingerprint density at radius 3 is 3.05 bits per heavy atom. The Kier molecular flexibility index (Phi) is 3.62. The molecule has 0 bridgehead atoms. The number of benzene rings is 1. The third-order valence-corrected chi connectivity index (χ3v) is 4.12. The molecule has 2 aromatic rings. The van der Waals surface area contributed by atoms with Crippen LogP contribution >= 0.6 is 11.3 Å².